The van der Waals surface area contributed by atoms with E-state index in [4.69, 9.17) is 0 Å². The van der Waals surface area contributed by atoms with E-state index in [1.54, 1.807) is 0 Å². The van der Waals surface area contributed by atoms with Crippen molar-refractivity contribution >= 4 is 24.3 Å². The summed E-state index contributed by atoms with van der Waals surface area (Å²) in [6.45, 7) is 13.5. The second-order valence-electron chi connectivity index (χ2n) is 5.07. The molecule has 0 N–H and O–H groups in total. The van der Waals surface area contributed by atoms with Gasteiger partial charge in [0, 0.05) is 31.5 Å². The normalized spacial score (nSPS) is 12.0. The molecule has 2 rings (SSSR count). The van der Waals surface area contributed by atoms with Crippen molar-refractivity contribution < 1.29 is 0 Å². The van der Waals surface area contributed by atoms with Crippen LogP contribution < -0.4 is 5.30 Å². The molecule has 0 amide bonds. The molecule has 0 unspecified atom stereocenters. The first-order valence-corrected chi connectivity index (χ1v) is 9.29. The molecule has 2 aromatic rings. The van der Waals surface area contributed by atoms with Crippen molar-refractivity contribution in [2.45, 2.75) is 27.7 Å². The zero-order valence-electron chi connectivity index (χ0n) is 13.7. The highest BCUT2D eigenvalue weighted by Crippen LogP contribution is 2.44. The zero-order valence-corrected chi connectivity index (χ0v) is 14.6. The van der Waals surface area contributed by atoms with Crippen LogP contribution in [0.25, 0.3) is 10.8 Å². The van der Waals surface area contributed by atoms with E-state index in [0.29, 0.717) is 0 Å². The monoisotopic (exact) mass is 302 g/mol. The third-order valence-electron chi connectivity index (χ3n) is 3.98. The van der Waals surface area contributed by atoms with Crippen molar-refractivity contribution in [3.05, 3.63) is 42.5 Å². The van der Waals surface area contributed by atoms with E-state index >= 15 is 0 Å². The van der Waals surface area contributed by atoms with Crippen LogP contribution in [0.4, 0.5) is 0 Å². The van der Waals surface area contributed by atoms with Crippen LogP contribution in [0, 0.1) is 0 Å². The number of hydrogen-bond donors (Lipinski definition) is 0. The van der Waals surface area contributed by atoms with E-state index in [-0.39, 0.29) is 0 Å². The number of benzene rings is 2. The second kappa shape index (κ2) is 7.89. The Hall–Kier alpha value is -0.950. The van der Waals surface area contributed by atoms with E-state index in [1.165, 1.54) is 16.1 Å². The Bertz CT molecular complexity index is 545. The molecule has 0 spiro atoms. The summed E-state index contributed by atoms with van der Waals surface area (Å²) in [7, 11) is -0.416. The van der Waals surface area contributed by atoms with Crippen molar-refractivity contribution in [1.29, 1.82) is 0 Å². The molecule has 3 heteroatoms. The van der Waals surface area contributed by atoms with Crippen molar-refractivity contribution in [2.24, 2.45) is 0 Å². The number of hydrogen-bond acceptors (Lipinski definition) is 2. The van der Waals surface area contributed by atoms with E-state index in [0.717, 1.165) is 26.2 Å². The first kappa shape index (κ1) is 16.4. The first-order valence-electron chi connectivity index (χ1n) is 8.04. The van der Waals surface area contributed by atoms with Crippen molar-refractivity contribution in [2.75, 3.05) is 26.2 Å². The highest BCUT2D eigenvalue weighted by atomic mass is 31.1. The lowest BCUT2D eigenvalue weighted by molar-refractivity contribution is 0.430. The molecule has 2 aromatic carbocycles. The van der Waals surface area contributed by atoms with Gasteiger partial charge in [0.1, 0.15) is 0 Å². The molecule has 0 saturated heterocycles. The second-order valence-corrected chi connectivity index (χ2v) is 7.26. The summed E-state index contributed by atoms with van der Waals surface area (Å²) in [5.74, 6) is 0. The summed E-state index contributed by atoms with van der Waals surface area (Å²) in [5.41, 5.74) is 0. The van der Waals surface area contributed by atoms with Crippen molar-refractivity contribution in [3.63, 3.8) is 0 Å². The van der Waals surface area contributed by atoms with Gasteiger partial charge in [0.2, 0.25) is 0 Å². The van der Waals surface area contributed by atoms with Crippen molar-refractivity contribution in [1.82, 2.24) is 9.34 Å². The number of fused-ring (bicyclic) bond motifs is 1. The Labute approximate surface area is 130 Å². The van der Waals surface area contributed by atoms with Crippen LogP contribution in [0.5, 0.6) is 0 Å². The SMILES string of the molecule is CCN(CC)P(c1cccc2ccccc12)N(CC)CC. The van der Waals surface area contributed by atoms with Gasteiger partial charge in [0.25, 0.3) is 0 Å². The maximum Gasteiger partial charge on any atom is 0.0730 e. The van der Waals surface area contributed by atoms with Gasteiger partial charge in [-0.2, -0.15) is 0 Å². The topological polar surface area (TPSA) is 6.48 Å². The highest BCUT2D eigenvalue weighted by Gasteiger charge is 2.24. The van der Waals surface area contributed by atoms with Crippen LogP contribution in [0.3, 0.4) is 0 Å². The molecule has 0 aliphatic rings. The van der Waals surface area contributed by atoms with E-state index in [1.807, 2.05) is 0 Å². The van der Waals surface area contributed by atoms with Crippen LogP contribution in [-0.2, 0) is 0 Å². The van der Waals surface area contributed by atoms with E-state index < -0.39 is 8.22 Å². The quantitative estimate of drug-likeness (QED) is 0.697. The van der Waals surface area contributed by atoms with Gasteiger partial charge in [0.15, 0.2) is 0 Å². The van der Waals surface area contributed by atoms with Gasteiger partial charge < -0.3 is 0 Å². The summed E-state index contributed by atoms with van der Waals surface area (Å²) < 4.78 is 5.23. The Kier molecular flexibility index (Phi) is 6.17. The molecule has 2 nitrogen and oxygen atoms in total. The zero-order chi connectivity index (χ0) is 15.2. The molecule has 0 bridgehead atoms. The molecule has 0 atom stereocenters. The molecule has 0 heterocycles. The standard InChI is InChI=1S/C18H27N2P/c1-5-19(6-2)21(20(7-3)8-4)18-15-11-13-16-12-9-10-14-17(16)18/h9-15H,5-8H2,1-4H3. The van der Waals surface area contributed by atoms with Crippen LogP contribution >= 0.6 is 8.22 Å². The number of nitrogens with zero attached hydrogens (tertiary/aromatic N) is 2. The third kappa shape index (κ3) is 3.45. The summed E-state index contributed by atoms with van der Waals surface area (Å²) in [6.07, 6.45) is 0. The highest BCUT2D eigenvalue weighted by molar-refractivity contribution is 7.61. The first-order chi connectivity index (χ1) is 10.3. The molecule has 0 aliphatic heterocycles. The Balaban J connectivity index is 2.57. The van der Waals surface area contributed by atoms with Gasteiger partial charge in [-0.1, -0.05) is 70.2 Å². The molecule has 0 saturated carbocycles. The minimum Gasteiger partial charge on any atom is -0.267 e. The van der Waals surface area contributed by atoms with Crippen LogP contribution in [-0.4, -0.2) is 35.5 Å². The maximum absolute atomic E-state index is 2.62. The Morgan fingerprint density at radius 2 is 1.24 bits per heavy atom. The molecule has 0 fully saturated rings. The minimum absolute atomic E-state index is 0.416. The lowest BCUT2D eigenvalue weighted by atomic mass is 10.1. The molecule has 21 heavy (non-hydrogen) atoms. The van der Waals surface area contributed by atoms with Gasteiger partial charge in [-0.05, 0) is 10.8 Å². The summed E-state index contributed by atoms with van der Waals surface area (Å²) in [6, 6.07) is 15.5. The number of rotatable bonds is 7. The van der Waals surface area contributed by atoms with Crippen LogP contribution in [0.2, 0.25) is 0 Å². The van der Waals surface area contributed by atoms with Gasteiger partial charge in [0.05, 0.1) is 8.22 Å². The van der Waals surface area contributed by atoms with Gasteiger partial charge >= 0.3 is 0 Å². The summed E-state index contributed by atoms with van der Waals surface area (Å²) in [5, 5.41) is 4.25. The Morgan fingerprint density at radius 1 is 0.714 bits per heavy atom. The molecule has 0 radical (unpaired) electrons. The maximum atomic E-state index is 2.62. The molecule has 114 valence electrons. The molecule has 0 aliphatic carbocycles. The lowest BCUT2D eigenvalue weighted by Crippen LogP contribution is -2.34. The van der Waals surface area contributed by atoms with Crippen LogP contribution in [0.1, 0.15) is 27.7 Å². The summed E-state index contributed by atoms with van der Waals surface area (Å²) in [4.78, 5) is 0. The minimum atomic E-state index is -0.416. The average Bonchev–Trinajstić information content (AvgIpc) is 2.55. The predicted octanol–water partition coefficient (Wildman–Crippen LogP) is 4.46. The predicted molar refractivity (Wildman–Crippen MR) is 96.3 cm³/mol. The van der Waals surface area contributed by atoms with E-state index in [9.17, 15) is 0 Å². The third-order valence-corrected chi connectivity index (χ3v) is 7.00. The van der Waals surface area contributed by atoms with Gasteiger partial charge in [-0.15, -0.1) is 0 Å². The molecule has 0 aromatic heterocycles. The van der Waals surface area contributed by atoms with Gasteiger partial charge in [-0.25, -0.2) is 0 Å². The largest absolute Gasteiger partial charge is 0.267 e. The summed E-state index contributed by atoms with van der Waals surface area (Å²) >= 11 is 0. The lowest BCUT2D eigenvalue weighted by Gasteiger charge is -2.38. The van der Waals surface area contributed by atoms with Crippen LogP contribution in [0.15, 0.2) is 42.5 Å². The fourth-order valence-corrected chi connectivity index (χ4v) is 5.53. The van der Waals surface area contributed by atoms with Gasteiger partial charge in [-0.3, -0.25) is 9.34 Å². The Morgan fingerprint density at radius 3 is 1.81 bits per heavy atom. The van der Waals surface area contributed by atoms with E-state index in [2.05, 4.69) is 79.5 Å². The fourth-order valence-electron chi connectivity index (χ4n) is 2.85. The smallest absolute Gasteiger partial charge is 0.0730 e. The fraction of sp³-hybridized carbons (Fsp3) is 0.444. The average molecular weight is 302 g/mol. The molecular weight excluding hydrogens is 275 g/mol. The van der Waals surface area contributed by atoms with Crippen molar-refractivity contribution in [3.8, 4) is 0 Å². The molecular formula is C18H27N2P.